The standard InChI is InChI=1S/C9H13F3O4/c1-3-5(7(13)14)6(8(15)16)4(2)9(10,11)12/h4-6H,3H2,1-2H3,(H,13,14)(H,15,16). The molecule has 0 rings (SSSR count). The summed E-state index contributed by atoms with van der Waals surface area (Å²) in [4.78, 5) is 21.4. The molecule has 0 saturated carbocycles. The Morgan fingerprint density at radius 1 is 1.19 bits per heavy atom. The van der Waals surface area contributed by atoms with Gasteiger partial charge < -0.3 is 10.2 Å². The largest absolute Gasteiger partial charge is 0.481 e. The van der Waals surface area contributed by atoms with Gasteiger partial charge in [0.2, 0.25) is 0 Å². The summed E-state index contributed by atoms with van der Waals surface area (Å²) in [6.45, 7) is 2.03. The second-order valence-electron chi connectivity index (χ2n) is 3.55. The van der Waals surface area contributed by atoms with Gasteiger partial charge in [0.05, 0.1) is 17.8 Å². The van der Waals surface area contributed by atoms with Gasteiger partial charge in [0, 0.05) is 0 Å². The fraction of sp³-hybridized carbons (Fsp3) is 0.778. The second kappa shape index (κ2) is 5.18. The van der Waals surface area contributed by atoms with Crippen molar-refractivity contribution >= 4 is 11.9 Å². The summed E-state index contributed by atoms with van der Waals surface area (Å²) in [5.41, 5.74) is 0. The van der Waals surface area contributed by atoms with Crippen LogP contribution in [-0.4, -0.2) is 28.3 Å². The number of aliphatic carboxylic acids is 2. The molecular weight excluding hydrogens is 229 g/mol. The molecule has 94 valence electrons. The molecule has 0 heterocycles. The molecule has 3 atom stereocenters. The molecule has 2 N–H and O–H groups in total. The third-order valence-corrected chi connectivity index (χ3v) is 2.53. The molecular formula is C9H13F3O4. The van der Waals surface area contributed by atoms with Crippen LogP contribution in [0.4, 0.5) is 13.2 Å². The highest BCUT2D eigenvalue weighted by Crippen LogP contribution is 2.36. The zero-order valence-electron chi connectivity index (χ0n) is 8.78. The van der Waals surface area contributed by atoms with Gasteiger partial charge in [-0.05, 0) is 6.42 Å². The molecule has 4 nitrogen and oxygen atoms in total. The van der Waals surface area contributed by atoms with E-state index >= 15 is 0 Å². The van der Waals surface area contributed by atoms with Crippen LogP contribution in [0.15, 0.2) is 0 Å². The van der Waals surface area contributed by atoms with Crippen molar-refractivity contribution in [2.45, 2.75) is 26.4 Å². The fourth-order valence-electron chi connectivity index (χ4n) is 1.52. The summed E-state index contributed by atoms with van der Waals surface area (Å²) in [7, 11) is 0. The van der Waals surface area contributed by atoms with E-state index in [9.17, 15) is 22.8 Å². The van der Waals surface area contributed by atoms with Crippen LogP contribution in [0, 0.1) is 17.8 Å². The smallest absolute Gasteiger partial charge is 0.392 e. The zero-order valence-corrected chi connectivity index (χ0v) is 8.78. The molecule has 0 fully saturated rings. The van der Waals surface area contributed by atoms with Crippen LogP contribution in [0.3, 0.4) is 0 Å². The molecule has 0 aromatic rings. The second-order valence-corrected chi connectivity index (χ2v) is 3.55. The molecule has 7 heteroatoms. The minimum Gasteiger partial charge on any atom is -0.481 e. The van der Waals surface area contributed by atoms with Crippen molar-refractivity contribution in [3.05, 3.63) is 0 Å². The van der Waals surface area contributed by atoms with E-state index in [0.717, 1.165) is 0 Å². The van der Waals surface area contributed by atoms with Crippen molar-refractivity contribution in [3.63, 3.8) is 0 Å². The van der Waals surface area contributed by atoms with E-state index in [4.69, 9.17) is 10.2 Å². The predicted octanol–water partition coefficient (Wildman–Crippen LogP) is 2.00. The lowest BCUT2D eigenvalue weighted by Crippen LogP contribution is -2.40. The Balaban J connectivity index is 5.15. The Hall–Kier alpha value is -1.27. The Kier molecular flexibility index (Phi) is 4.77. The van der Waals surface area contributed by atoms with Crippen molar-refractivity contribution in [3.8, 4) is 0 Å². The van der Waals surface area contributed by atoms with Crippen molar-refractivity contribution in [1.82, 2.24) is 0 Å². The summed E-state index contributed by atoms with van der Waals surface area (Å²) in [5.74, 6) is -8.94. The number of carboxylic acids is 2. The lowest BCUT2D eigenvalue weighted by molar-refractivity contribution is -0.199. The van der Waals surface area contributed by atoms with E-state index in [2.05, 4.69) is 0 Å². The topological polar surface area (TPSA) is 74.6 Å². The van der Waals surface area contributed by atoms with Crippen LogP contribution in [0.25, 0.3) is 0 Å². The number of carboxylic acid groups (broad SMARTS) is 2. The normalized spacial score (nSPS) is 17.6. The van der Waals surface area contributed by atoms with Crippen LogP contribution in [-0.2, 0) is 9.59 Å². The fourth-order valence-corrected chi connectivity index (χ4v) is 1.52. The number of carbonyl (C=O) groups is 2. The maximum atomic E-state index is 12.4. The van der Waals surface area contributed by atoms with Gasteiger partial charge >= 0.3 is 18.1 Å². The first-order chi connectivity index (χ1) is 7.12. The quantitative estimate of drug-likeness (QED) is 0.773. The molecule has 0 radical (unpaired) electrons. The number of hydrogen-bond donors (Lipinski definition) is 2. The SMILES string of the molecule is CCC(C(=O)O)C(C(=O)O)C(C)C(F)(F)F. The molecule has 0 bridgehead atoms. The van der Waals surface area contributed by atoms with Crippen molar-refractivity contribution in [2.24, 2.45) is 17.8 Å². The van der Waals surface area contributed by atoms with Gasteiger partial charge in [-0.25, -0.2) is 0 Å². The predicted molar refractivity (Wildman–Crippen MR) is 47.8 cm³/mol. The molecule has 0 aromatic heterocycles. The van der Waals surface area contributed by atoms with Gasteiger partial charge in [-0.2, -0.15) is 13.2 Å². The Labute approximate surface area is 90.1 Å². The van der Waals surface area contributed by atoms with Crippen molar-refractivity contribution in [2.75, 3.05) is 0 Å². The maximum absolute atomic E-state index is 12.4. The average Bonchev–Trinajstić information content (AvgIpc) is 2.09. The van der Waals surface area contributed by atoms with Gasteiger partial charge in [0.1, 0.15) is 0 Å². The summed E-state index contributed by atoms with van der Waals surface area (Å²) in [5, 5.41) is 17.4. The van der Waals surface area contributed by atoms with Gasteiger partial charge in [-0.15, -0.1) is 0 Å². The number of alkyl halides is 3. The molecule has 0 aliphatic carbocycles. The van der Waals surface area contributed by atoms with E-state index in [1.165, 1.54) is 6.92 Å². The Morgan fingerprint density at radius 3 is 1.81 bits per heavy atom. The van der Waals surface area contributed by atoms with Crippen LogP contribution in [0.2, 0.25) is 0 Å². The number of hydrogen-bond acceptors (Lipinski definition) is 2. The van der Waals surface area contributed by atoms with Gasteiger partial charge in [-0.1, -0.05) is 13.8 Å². The van der Waals surface area contributed by atoms with Crippen molar-refractivity contribution < 1.29 is 33.0 Å². The van der Waals surface area contributed by atoms with Crippen molar-refractivity contribution in [1.29, 1.82) is 0 Å². The molecule has 0 amide bonds. The first-order valence-corrected chi connectivity index (χ1v) is 4.65. The molecule has 0 aliphatic rings. The van der Waals surface area contributed by atoms with E-state index in [0.29, 0.717) is 6.92 Å². The average molecular weight is 242 g/mol. The third kappa shape index (κ3) is 3.39. The number of halogens is 3. The molecule has 0 aromatic carbocycles. The summed E-state index contributed by atoms with van der Waals surface area (Å²) < 4.78 is 37.1. The zero-order chi connectivity index (χ0) is 13.1. The van der Waals surface area contributed by atoms with E-state index in [-0.39, 0.29) is 6.42 Å². The summed E-state index contributed by atoms with van der Waals surface area (Å²) >= 11 is 0. The highest BCUT2D eigenvalue weighted by molar-refractivity contribution is 5.80. The molecule has 0 aliphatic heterocycles. The van der Waals surface area contributed by atoms with Gasteiger partial charge in [0.25, 0.3) is 0 Å². The Bertz CT molecular complexity index is 274. The van der Waals surface area contributed by atoms with E-state index in [1.54, 1.807) is 0 Å². The molecule has 0 spiro atoms. The Morgan fingerprint density at radius 2 is 1.62 bits per heavy atom. The minimum atomic E-state index is -4.72. The molecule has 3 unspecified atom stereocenters. The van der Waals surface area contributed by atoms with Gasteiger partial charge in [-0.3, -0.25) is 9.59 Å². The first kappa shape index (κ1) is 14.7. The highest BCUT2D eigenvalue weighted by atomic mass is 19.4. The minimum absolute atomic E-state index is 0.160. The lowest BCUT2D eigenvalue weighted by atomic mass is 9.80. The summed E-state index contributed by atoms with van der Waals surface area (Å²) in [6, 6.07) is 0. The van der Waals surface area contributed by atoms with Crippen LogP contribution in [0.1, 0.15) is 20.3 Å². The first-order valence-electron chi connectivity index (χ1n) is 4.65. The molecule has 16 heavy (non-hydrogen) atoms. The third-order valence-electron chi connectivity index (χ3n) is 2.53. The number of rotatable bonds is 5. The maximum Gasteiger partial charge on any atom is 0.392 e. The molecule has 0 saturated heterocycles. The van der Waals surface area contributed by atoms with E-state index < -0.39 is 35.9 Å². The van der Waals surface area contributed by atoms with E-state index in [1.807, 2.05) is 0 Å². The van der Waals surface area contributed by atoms with Crippen LogP contribution >= 0.6 is 0 Å². The van der Waals surface area contributed by atoms with Gasteiger partial charge in [0.15, 0.2) is 0 Å². The monoisotopic (exact) mass is 242 g/mol. The van der Waals surface area contributed by atoms with Crippen LogP contribution < -0.4 is 0 Å². The van der Waals surface area contributed by atoms with Crippen LogP contribution in [0.5, 0.6) is 0 Å². The lowest BCUT2D eigenvalue weighted by Gasteiger charge is -2.26. The summed E-state index contributed by atoms with van der Waals surface area (Å²) in [6.07, 6.45) is -4.88. The highest BCUT2D eigenvalue weighted by Gasteiger charge is 2.48.